The van der Waals surface area contributed by atoms with Gasteiger partial charge >= 0.3 is 5.97 Å². The summed E-state index contributed by atoms with van der Waals surface area (Å²) in [7, 11) is 0. The quantitative estimate of drug-likeness (QED) is 0.807. The Bertz CT molecular complexity index is 540. The molecule has 2 rings (SSSR count). The Balaban J connectivity index is 2.23. The van der Waals surface area contributed by atoms with Crippen molar-refractivity contribution < 1.29 is 14.7 Å². The van der Waals surface area contributed by atoms with Crippen LogP contribution in [0.3, 0.4) is 0 Å². The van der Waals surface area contributed by atoms with Crippen LogP contribution >= 0.6 is 0 Å². The Morgan fingerprint density at radius 1 is 1.40 bits per heavy atom. The molecule has 1 atom stereocenters. The fraction of sp³-hybridized carbons (Fsp3) is 0.467. The van der Waals surface area contributed by atoms with Gasteiger partial charge in [-0.25, -0.2) is 0 Å². The van der Waals surface area contributed by atoms with Crippen LogP contribution in [0.25, 0.3) is 0 Å². The van der Waals surface area contributed by atoms with E-state index in [0.29, 0.717) is 11.4 Å². The standard InChI is InChI=1S/C15H20N2O3/c1-15(2)9-10(15)14(20)17(8-7-13(18)19)12-6-4-3-5-11(12)16/h3-6,10H,7-9,16H2,1-2H3,(H,18,19). The zero-order valence-electron chi connectivity index (χ0n) is 11.8. The van der Waals surface area contributed by atoms with Gasteiger partial charge in [-0.2, -0.15) is 0 Å². The number of rotatable bonds is 5. The molecule has 1 fully saturated rings. The van der Waals surface area contributed by atoms with Crippen molar-refractivity contribution in [3.05, 3.63) is 24.3 Å². The summed E-state index contributed by atoms with van der Waals surface area (Å²) in [6.45, 7) is 4.23. The minimum atomic E-state index is -0.924. The summed E-state index contributed by atoms with van der Waals surface area (Å²) in [5.74, 6) is -1.00. The first-order valence-electron chi connectivity index (χ1n) is 6.70. The lowest BCUT2D eigenvalue weighted by molar-refractivity contribution is -0.136. The lowest BCUT2D eigenvalue weighted by atomic mass is 10.1. The van der Waals surface area contributed by atoms with Crippen LogP contribution in [0.5, 0.6) is 0 Å². The normalized spacial score (nSPS) is 19.4. The van der Waals surface area contributed by atoms with Crippen molar-refractivity contribution in [2.45, 2.75) is 26.7 Å². The summed E-state index contributed by atoms with van der Waals surface area (Å²) < 4.78 is 0. The maximum Gasteiger partial charge on any atom is 0.305 e. The van der Waals surface area contributed by atoms with E-state index in [1.807, 2.05) is 13.8 Å². The summed E-state index contributed by atoms with van der Waals surface area (Å²) in [5, 5.41) is 8.85. The number of nitrogens with zero attached hydrogens (tertiary/aromatic N) is 1. The molecule has 1 unspecified atom stereocenters. The van der Waals surface area contributed by atoms with Gasteiger partial charge in [-0.3, -0.25) is 9.59 Å². The molecule has 1 aliphatic rings. The maximum atomic E-state index is 12.6. The summed E-state index contributed by atoms with van der Waals surface area (Å²) in [5.41, 5.74) is 7.00. The van der Waals surface area contributed by atoms with E-state index in [-0.39, 0.29) is 30.2 Å². The van der Waals surface area contributed by atoms with E-state index in [2.05, 4.69) is 0 Å². The van der Waals surface area contributed by atoms with Gasteiger partial charge in [-0.15, -0.1) is 0 Å². The van der Waals surface area contributed by atoms with Gasteiger partial charge in [0, 0.05) is 12.5 Å². The average molecular weight is 276 g/mol. The second-order valence-corrected chi connectivity index (χ2v) is 5.94. The van der Waals surface area contributed by atoms with Crippen molar-refractivity contribution in [3.63, 3.8) is 0 Å². The predicted octanol–water partition coefficient (Wildman–Crippen LogP) is 2.12. The molecule has 5 nitrogen and oxygen atoms in total. The van der Waals surface area contributed by atoms with Crippen molar-refractivity contribution >= 4 is 23.3 Å². The molecule has 1 aromatic carbocycles. The number of carbonyl (C=O) groups is 2. The monoisotopic (exact) mass is 276 g/mol. The van der Waals surface area contributed by atoms with Gasteiger partial charge < -0.3 is 15.7 Å². The second kappa shape index (κ2) is 5.15. The molecular formula is C15H20N2O3. The highest BCUT2D eigenvalue weighted by atomic mass is 16.4. The van der Waals surface area contributed by atoms with Crippen molar-refractivity contribution in [1.82, 2.24) is 0 Å². The molecule has 20 heavy (non-hydrogen) atoms. The number of para-hydroxylation sites is 2. The largest absolute Gasteiger partial charge is 0.481 e. The highest BCUT2D eigenvalue weighted by molar-refractivity contribution is 6.00. The fourth-order valence-corrected chi connectivity index (χ4v) is 2.37. The number of hydrogen-bond acceptors (Lipinski definition) is 3. The van der Waals surface area contributed by atoms with E-state index in [9.17, 15) is 9.59 Å². The third kappa shape index (κ3) is 2.92. The molecule has 0 bridgehead atoms. The number of carboxylic acids is 1. The first-order chi connectivity index (χ1) is 9.33. The van der Waals surface area contributed by atoms with E-state index in [1.165, 1.54) is 4.90 Å². The van der Waals surface area contributed by atoms with Crippen molar-refractivity contribution in [2.75, 3.05) is 17.2 Å². The molecule has 0 aromatic heterocycles. The molecule has 0 aliphatic heterocycles. The van der Waals surface area contributed by atoms with Crippen LogP contribution in [0, 0.1) is 11.3 Å². The average Bonchev–Trinajstić information content (AvgIpc) is 3.00. The Morgan fingerprint density at radius 3 is 2.50 bits per heavy atom. The molecule has 3 N–H and O–H groups in total. The Kier molecular flexibility index (Phi) is 3.70. The van der Waals surface area contributed by atoms with Crippen LogP contribution in [0.15, 0.2) is 24.3 Å². The zero-order valence-corrected chi connectivity index (χ0v) is 11.8. The molecular weight excluding hydrogens is 256 g/mol. The minimum absolute atomic E-state index is 0.00208. The second-order valence-electron chi connectivity index (χ2n) is 5.94. The summed E-state index contributed by atoms with van der Waals surface area (Å²) >= 11 is 0. The first kappa shape index (κ1) is 14.4. The van der Waals surface area contributed by atoms with E-state index in [1.54, 1.807) is 24.3 Å². The number of hydrogen-bond donors (Lipinski definition) is 2. The van der Waals surface area contributed by atoms with Crippen LogP contribution in [-0.4, -0.2) is 23.5 Å². The van der Waals surface area contributed by atoms with Gasteiger partial charge in [0.2, 0.25) is 5.91 Å². The summed E-state index contributed by atoms with van der Waals surface area (Å²) in [4.78, 5) is 24.9. The summed E-state index contributed by atoms with van der Waals surface area (Å²) in [6, 6.07) is 7.06. The molecule has 0 radical (unpaired) electrons. The molecule has 5 heteroatoms. The lowest BCUT2D eigenvalue weighted by Crippen LogP contribution is -2.35. The number of aliphatic carboxylic acids is 1. The number of nitrogens with two attached hydrogens (primary N) is 1. The van der Waals surface area contributed by atoms with Crippen LogP contribution < -0.4 is 10.6 Å². The van der Waals surface area contributed by atoms with Crippen LogP contribution in [0.1, 0.15) is 26.7 Å². The first-order valence-corrected chi connectivity index (χ1v) is 6.70. The van der Waals surface area contributed by atoms with Gasteiger partial charge in [0.1, 0.15) is 0 Å². The molecule has 0 spiro atoms. The van der Waals surface area contributed by atoms with Crippen molar-refractivity contribution in [3.8, 4) is 0 Å². The number of carbonyl (C=O) groups excluding carboxylic acids is 1. The topological polar surface area (TPSA) is 83.6 Å². The predicted molar refractivity (Wildman–Crippen MR) is 77.3 cm³/mol. The van der Waals surface area contributed by atoms with Gasteiger partial charge in [-0.1, -0.05) is 26.0 Å². The molecule has 0 saturated heterocycles. The van der Waals surface area contributed by atoms with Gasteiger partial charge in [0.15, 0.2) is 0 Å². The van der Waals surface area contributed by atoms with Crippen LogP contribution in [-0.2, 0) is 9.59 Å². The number of anilines is 2. The smallest absolute Gasteiger partial charge is 0.305 e. The number of carboxylic acid groups (broad SMARTS) is 1. The zero-order chi connectivity index (χ0) is 14.9. The molecule has 1 aliphatic carbocycles. The van der Waals surface area contributed by atoms with Gasteiger partial charge in [0.25, 0.3) is 0 Å². The molecule has 1 saturated carbocycles. The lowest BCUT2D eigenvalue weighted by Gasteiger charge is -2.24. The molecule has 0 heterocycles. The maximum absolute atomic E-state index is 12.6. The third-order valence-corrected chi connectivity index (χ3v) is 3.85. The summed E-state index contributed by atoms with van der Waals surface area (Å²) in [6.07, 6.45) is 0.745. The molecule has 1 amide bonds. The van der Waals surface area contributed by atoms with Crippen molar-refractivity contribution in [2.24, 2.45) is 11.3 Å². The van der Waals surface area contributed by atoms with E-state index in [0.717, 1.165) is 6.42 Å². The Hall–Kier alpha value is -2.04. The van der Waals surface area contributed by atoms with E-state index >= 15 is 0 Å². The Morgan fingerprint density at radius 2 is 2.00 bits per heavy atom. The van der Waals surface area contributed by atoms with E-state index < -0.39 is 5.97 Å². The SMILES string of the molecule is CC1(C)CC1C(=O)N(CCC(=O)O)c1ccccc1N. The number of benzene rings is 1. The van der Waals surface area contributed by atoms with Crippen molar-refractivity contribution in [1.29, 1.82) is 0 Å². The van der Waals surface area contributed by atoms with E-state index in [4.69, 9.17) is 10.8 Å². The minimum Gasteiger partial charge on any atom is -0.481 e. The number of nitrogen functional groups attached to an aromatic ring is 1. The van der Waals surface area contributed by atoms with Crippen LogP contribution in [0.2, 0.25) is 0 Å². The molecule has 108 valence electrons. The van der Waals surface area contributed by atoms with Gasteiger partial charge in [-0.05, 0) is 24.0 Å². The van der Waals surface area contributed by atoms with Crippen LogP contribution in [0.4, 0.5) is 11.4 Å². The fourth-order valence-electron chi connectivity index (χ4n) is 2.37. The van der Waals surface area contributed by atoms with Gasteiger partial charge in [0.05, 0.1) is 17.8 Å². The third-order valence-electron chi connectivity index (χ3n) is 3.85. The highest BCUT2D eigenvalue weighted by Crippen LogP contribution is 2.53. The molecule has 1 aromatic rings. The number of amides is 1. The highest BCUT2D eigenvalue weighted by Gasteiger charge is 2.52. The Labute approximate surface area is 118 Å².